The Bertz CT molecular complexity index is 262. The average molecular weight is 181 g/mol. The van der Waals surface area contributed by atoms with Crippen molar-refractivity contribution in [1.29, 1.82) is 5.26 Å². The maximum atomic E-state index is 8.53. The lowest BCUT2D eigenvalue weighted by Gasteiger charge is -2.00. The molecule has 0 fully saturated rings. The second kappa shape index (κ2) is 7.32. The largest absolute Gasteiger partial charge is 0.383 e. The number of nitriles is 1. The van der Waals surface area contributed by atoms with Crippen molar-refractivity contribution in [3.05, 3.63) is 18.2 Å². The molecule has 1 rings (SSSR count). The molecule has 0 saturated carbocycles. The highest BCUT2D eigenvalue weighted by Gasteiger charge is 1.98. The maximum absolute atomic E-state index is 8.53. The van der Waals surface area contributed by atoms with Gasteiger partial charge in [0.15, 0.2) is 0 Å². The van der Waals surface area contributed by atoms with Crippen molar-refractivity contribution in [2.24, 2.45) is 0 Å². The van der Waals surface area contributed by atoms with Crippen molar-refractivity contribution >= 4 is 0 Å². The van der Waals surface area contributed by atoms with Crippen molar-refractivity contribution in [1.82, 2.24) is 9.55 Å². The smallest absolute Gasteiger partial charge is 0.212 e. The quantitative estimate of drug-likeness (QED) is 0.708. The predicted octanol–water partition coefficient (Wildman–Crippen LogP) is 1.43. The van der Waals surface area contributed by atoms with E-state index >= 15 is 0 Å². The predicted molar refractivity (Wildman–Crippen MR) is 50.2 cm³/mol. The lowest BCUT2D eigenvalue weighted by atomic mass is 10.6. The third-order valence-corrected chi connectivity index (χ3v) is 1.35. The molecular formula is C9H15N3O. The van der Waals surface area contributed by atoms with Crippen LogP contribution in [-0.2, 0) is 11.3 Å². The molecule has 0 amide bonds. The molecule has 1 aromatic heterocycles. The molecule has 1 heterocycles. The molecule has 0 unspecified atom stereocenters. The van der Waals surface area contributed by atoms with Crippen LogP contribution in [0.15, 0.2) is 12.4 Å². The number of hydrogen-bond donors (Lipinski definition) is 0. The normalized spacial score (nSPS) is 8.46. The molecule has 0 N–H and O–H groups in total. The van der Waals surface area contributed by atoms with Crippen LogP contribution in [0.2, 0.25) is 0 Å². The van der Waals surface area contributed by atoms with E-state index in [0.29, 0.717) is 19.0 Å². The first kappa shape index (κ1) is 11.7. The third kappa shape index (κ3) is 3.72. The highest BCUT2D eigenvalue weighted by atomic mass is 16.5. The molecule has 0 aliphatic carbocycles. The van der Waals surface area contributed by atoms with Gasteiger partial charge in [-0.1, -0.05) is 13.8 Å². The van der Waals surface area contributed by atoms with Crippen LogP contribution in [0.4, 0.5) is 0 Å². The number of methoxy groups -OCH3 is 1. The molecular weight excluding hydrogens is 166 g/mol. The topological polar surface area (TPSA) is 50.8 Å². The van der Waals surface area contributed by atoms with Gasteiger partial charge in [0.1, 0.15) is 6.07 Å². The van der Waals surface area contributed by atoms with Gasteiger partial charge in [0.05, 0.1) is 6.61 Å². The van der Waals surface area contributed by atoms with E-state index in [0.717, 1.165) is 0 Å². The Labute approximate surface area is 78.8 Å². The summed E-state index contributed by atoms with van der Waals surface area (Å²) in [6, 6.07) is 1.98. The fraction of sp³-hybridized carbons (Fsp3) is 0.556. The molecule has 4 heteroatoms. The molecule has 4 nitrogen and oxygen atoms in total. The van der Waals surface area contributed by atoms with Crippen LogP contribution in [0.5, 0.6) is 0 Å². The van der Waals surface area contributed by atoms with Crippen LogP contribution in [0.25, 0.3) is 0 Å². The first-order valence-corrected chi connectivity index (χ1v) is 4.28. The lowest BCUT2D eigenvalue weighted by molar-refractivity contribution is 0.187. The summed E-state index contributed by atoms with van der Waals surface area (Å²) in [7, 11) is 1.63. The zero-order chi connectivity index (χ0) is 10.1. The molecule has 0 atom stereocenters. The van der Waals surface area contributed by atoms with E-state index in [4.69, 9.17) is 10.00 Å². The second-order valence-electron chi connectivity index (χ2n) is 2.05. The Morgan fingerprint density at radius 2 is 2.31 bits per heavy atom. The van der Waals surface area contributed by atoms with Crippen LogP contribution in [0, 0.1) is 11.3 Å². The van der Waals surface area contributed by atoms with Crippen molar-refractivity contribution in [3.8, 4) is 6.07 Å². The molecule has 0 saturated heterocycles. The van der Waals surface area contributed by atoms with Crippen LogP contribution >= 0.6 is 0 Å². The number of aromatic nitrogens is 2. The van der Waals surface area contributed by atoms with Crippen molar-refractivity contribution < 1.29 is 4.74 Å². The highest BCUT2D eigenvalue weighted by Crippen LogP contribution is 1.94. The number of rotatable bonds is 3. The summed E-state index contributed by atoms with van der Waals surface area (Å²) < 4.78 is 6.61. The molecule has 0 aliphatic rings. The zero-order valence-corrected chi connectivity index (χ0v) is 8.32. The Hall–Kier alpha value is -1.34. The Kier molecular flexibility index (Phi) is 6.56. The monoisotopic (exact) mass is 181 g/mol. The Balaban J connectivity index is 0.000000671. The summed E-state index contributed by atoms with van der Waals surface area (Å²) in [5, 5.41) is 8.53. The number of imidazole rings is 1. The first-order chi connectivity index (χ1) is 6.38. The molecule has 0 bridgehead atoms. The van der Waals surface area contributed by atoms with Gasteiger partial charge in [-0.05, 0) is 0 Å². The number of ether oxygens (including phenoxy) is 1. The van der Waals surface area contributed by atoms with E-state index < -0.39 is 0 Å². The minimum absolute atomic E-state index is 0.432. The number of hydrogen-bond acceptors (Lipinski definition) is 3. The first-order valence-electron chi connectivity index (χ1n) is 4.28. The maximum Gasteiger partial charge on any atom is 0.212 e. The number of nitrogens with zero attached hydrogens (tertiary/aromatic N) is 3. The van der Waals surface area contributed by atoms with Gasteiger partial charge in [-0.2, -0.15) is 5.26 Å². The minimum Gasteiger partial charge on any atom is -0.383 e. The Morgan fingerprint density at radius 1 is 1.62 bits per heavy atom. The molecule has 0 spiro atoms. The van der Waals surface area contributed by atoms with Crippen LogP contribution in [0.3, 0.4) is 0 Å². The summed E-state index contributed by atoms with van der Waals surface area (Å²) in [4.78, 5) is 3.83. The molecule has 0 radical (unpaired) electrons. The molecule has 1 aromatic rings. The van der Waals surface area contributed by atoms with Crippen LogP contribution in [0.1, 0.15) is 19.7 Å². The minimum atomic E-state index is 0.432. The fourth-order valence-corrected chi connectivity index (χ4v) is 0.792. The zero-order valence-electron chi connectivity index (χ0n) is 8.32. The average Bonchev–Trinajstić information content (AvgIpc) is 2.65. The van der Waals surface area contributed by atoms with Crippen molar-refractivity contribution in [2.75, 3.05) is 13.7 Å². The third-order valence-electron chi connectivity index (χ3n) is 1.35. The van der Waals surface area contributed by atoms with E-state index in [9.17, 15) is 0 Å². The Morgan fingerprint density at radius 3 is 2.85 bits per heavy atom. The van der Waals surface area contributed by atoms with E-state index in [1.54, 1.807) is 24.1 Å². The van der Waals surface area contributed by atoms with Gasteiger partial charge >= 0.3 is 0 Å². The van der Waals surface area contributed by atoms with Crippen molar-refractivity contribution in [2.45, 2.75) is 20.4 Å². The summed E-state index contributed by atoms with van der Waals surface area (Å²) in [5.74, 6) is 0.432. The van der Waals surface area contributed by atoms with Gasteiger partial charge in [0, 0.05) is 26.0 Å². The second-order valence-corrected chi connectivity index (χ2v) is 2.05. The lowest BCUT2D eigenvalue weighted by Crippen LogP contribution is -2.05. The SMILES string of the molecule is CC.COCCn1ccnc1C#N. The fourth-order valence-electron chi connectivity index (χ4n) is 0.792. The summed E-state index contributed by atoms with van der Waals surface area (Å²) >= 11 is 0. The van der Waals surface area contributed by atoms with Gasteiger partial charge in [0.25, 0.3) is 0 Å². The van der Waals surface area contributed by atoms with E-state index in [1.807, 2.05) is 19.9 Å². The van der Waals surface area contributed by atoms with Gasteiger partial charge < -0.3 is 9.30 Å². The molecule has 72 valence electrons. The highest BCUT2D eigenvalue weighted by molar-refractivity contribution is 5.10. The molecule has 0 aliphatic heterocycles. The van der Waals surface area contributed by atoms with Crippen LogP contribution in [-0.4, -0.2) is 23.3 Å². The molecule has 13 heavy (non-hydrogen) atoms. The van der Waals surface area contributed by atoms with Gasteiger partial charge in [-0.25, -0.2) is 4.98 Å². The van der Waals surface area contributed by atoms with E-state index in [1.165, 1.54) is 0 Å². The van der Waals surface area contributed by atoms with Crippen LogP contribution < -0.4 is 0 Å². The van der Waals surface area contributed by atoms with Gasteiger partial charge in [0.2, 0.25) is 5.82 Å². The van der Waals surface area contributed by atoms with E-state index in [-0.39, 0.29) is 0 Å². The van der Waals surface area contributed by atoms with Crippen molar-refractivity contribution in [3.63, 3.8) is 0 Å². The standard InChI is InChI=1S/C7H9N3O.C2H6/c1-11-5-4-10-3-2-9-7(10)6-8;1-2/h2-3H,4-5H2,1H3;1-2H3. The summed E-state index contributed by atoms with van der Waals surface area (Å²) in [5.41, 5.74) is 0. The summed E-state index contributed by atoms with van der Waals surface area (Å²) in [6.07, 6.45) is 3.37. The van der Waals surface area contributed by atoms with Gasteiger partial charge in [-0.3, -0.25) is 0 Å². The van der Waals surface area contributed by atoms with Gasteiger partial charge in [-0.15, -0.1) is 0 Å². The summed E-state index contributed by atoms with van der Waals surface area (Å²) in [6.45, 7) is 5.28. The molecule has 0 aromatic carbocycles. The van der Waals surface area contributed by atoms with E-state index in [2.05, 4.69) is 4.98 Å².